The van der Waals surface area contributed by atoms with E-state index in [0.717, 1.165) is 52.6 Å². The van der Waals surface area contributed by atoms with Gasteiger partial charge in [0.2, 0.25) is 0 Å². The van der Waals surface area contributed by atoms with Crippen LogP contribution in [0.4, 0.5) is 10.1 Å². The molecule has 2 aliphatic rings. The van der Waals surface area contributed by atoms with Crippen LogP contribution < -0.4 is 4.90 Å². The second kappa shape index (κ2) is 11.9. The van der Waals surface area contributed by atoms with E-state index in [9.17, 15) is 0 Å². The lowest BCUT2D eigenvalue weighted by Crippen LogP contribution is -2.28. The van der Waals surface area contributed by atoms with Crippen molar-refractivity contribution < 1.29 is 9.13 Å². The molecule has 4 nitrogen and oxygen atoms in total. The third-order valence-electron chi connectivity index (χ3n) is 8.64. The summed E-state index contributed by atoms with van der Waals surface area (Å²) in [7, 11) is 3.56. The highest BCUT2D eigenvalue weighted by Crippen LogP contribution is 2.38. The van der Waals surface area contributed by atoms with Crippen LogP contribution in [0.5, 0.6) is 0 Å². The van der Waals surface area contributed by atoms with Crippen LogP contribution in [0, 0.1) is 11.7 Å². The molecule has 0 spiro atoms. The summed E-state index contributed by atoms with van der Waals surface area (Å²) in [5.41, 5.74) is 6.55. The fraction of sp³-hybridized carbons (Fsp3) is 0.361. The molecule has 5 heteroatoms. The van der Waals surface area contributed by atoms with Gasteiger partial charge in [-0.15, -0.1) is 0 Å². The standard InChI is InChI=1S/C36H40FN3O/c1-4-10-32(26-12-6-5-7-13-26)40(31-16-8-11-25(21-31)17-20-33(41-3)27-18-19-27)24-29-15-9-14-28-22-30-23-38-39(2)36(30)35(37)34(28)29/h8-11,14-17,20-23,26H,4-7,12-13,18-19,24H2,1-3H3/b20-17+,32-10-. The van der Waals surface area contributed by atoms with E-state index in [1.165, 1.54) is 43.4 Å². The van der Waals surface area contributed by atoms with Gasteiger partial charge < -0.3 is 9.64 Å². The molecule has 2 aliphatic carbocycles. The lowest BCUT2D eigenvalue weighted by atomic mass is 9.85. The van der Waals surface area contributed by atoms with Gasteiger partial charge in [0.05, 0.1) is 13.3 Å². The molecule has 0 atom stereocenters. The summed E-state index contributed by atoms with van der Waals surface area (Å²) < 4.78 is 23.5. The maximum atomic E-state index is 16.2. The Morgan fingerprint density at radius 2 is 1.88 bits per heavy atom. The van der Waals surface area contributed by atoms with Gasteiger partial charge in [-0.1, -0.05) is 68.7 Å². The van der Waals surface area contributed by atoms with E-state index in [1.807, 2.05) is 13.1 Å². The number of allylic oxidation sites excluding steroid dienone is 4. The minimum Gasteiger partial charge on any atom is -0.497 e. The Morgan fingerprint density at radius 1 is 1.07 bits per heavy atom. The molecule has 41 heavy (non-hydrogen) atoms. The zero-order valence-corrected chi connectivity index (χ0v) is 24.5. The van der Waals surface area contributed by atoms with Crippen LogP contribution in [0.25, 0.3) is 27.8 Å². The van der Waals surface area contributed by atoms with Gasteiger partial charge in [-0.05, 0) is 84.4 Å². The highest BCUT2D eigenvalue weighted by molar-refractivity contribution is 5.99. The number of nitrogens with zero attached hydrogens (tertiary/aromatic N) is 3. The molecule has 212 valence electrons. The first kappa shape index (κ1) is 27.3. The molecule has 0 aliphatic heterocycles. The van der Waals surface area contributed by atoms with E-state index in [1.54, 1.807) is 18.0 Å². The summed E-state index contributed by atoms with van der Waals surface area (Å²) in [5.74, 6) is 1.29. The molecule has 0 saturated heterocycles. The van der Waals surface area contributed by atoms with Crippen molar-refractivity contribution in [2.24, 2.45) is 13.0 Å². The number of fused-ring (bicyclic) bond motifs is 2. The molecular formula is C36H40FN3O. The van der Waals surface area contributed by atoms with E-state index in [2.05, 4.69) is 77.6 Å². The zero-order valence-electron chi connectivity index (χ0n) is 24.5. The largest absolute Gasteiger partial charge is 0.497 e. The fourth-order valence-corrected chi connectivity index (χ4v) is 6.47. The lowest BCUT2D eigenvalue weighted by molar-refractivity contribution is 0.305. The van der Waals surface area contributed by atoms with E-state index in [0.29, 0.717) is 23.4 Å². The number of benzene rings is 3. The smallest absolute Gasteiger partial charge is 0.157 e. The van der Waals surface area contributed by atoms with Gasteiger partial charge in [0.1, 0.15) is 11.3 Å². The molecule has 0 unspecified atom stereocenters. The van der Waals surface area contributed by atoms with Crippen LogP contribution >= 0.6 is 0 Å². The minimum absolute atomic E-state index is 0.191. The Labute approximate surface area is 242 Å². The maximum Gasteiger partial charge on any atom is 0.157 e. The summed E-state index contributed by atoms with van der Waals surface area (Å²) in [5, 5.41) is 6.76. The highest BCUT2D eigenvalue weighted by Gasteiger charge is 2.25. The Hall–Kier alpha value is -3.86. The molecule has 2 fully saturated rings. The average Bonchev–Trinajstić information content (AvgIpc) is 3.77. The second-order valence-electron chi connectivity index (χ2n) is 11.5. The molecule has 0 N–H and O–H groups in total. The summed E-state index contributed by atoms with van der Waals surface area (Å²) in [6, 6.07) is 16.9. The number of ether oxygens (including phenoxy) is 1. The number of halogens is 1. The van der Waals surface area contributed by atoms with Crippen LogP contribution in [-0.2, 0) is 18.3 Å². The third-order valence-corrected chi connectivity index (χ3v) is 8.64. The SMILES string of the molecule is CC/C=C(/C1CCCCC1)N(Cc1cccc2cc3cnn(C)c3c(F)c12)c1cccc(/C=C/C(OC)=C2CC2)c1. The molecule has 4 aromatic rings. The van der Waals surface area contributed by atoms with Crippen LogP contribution in [0.15, 0.2) is 83.9 Å². The Balaban J connectivity index is 1.45. The predicted octanol–water partition coefficient (Wildman–Crippen LogP) is 9.45. The van der Waals surface area contributed by atoms with Gasteiger partial charge >= 0.3 is 0 Å². The minimum atomic E-state index is -0.191. The van der Waals surface area contributed by atoms with Gasteiger partial charge in [0.15, 0.2) is 5.82 Å². The van der Waals surface area contributed by atoms with Crippen molar-refractivity contribution in [3.8, 4) is 0 Å². The Bertz CT molecular complexity index is 1650. The summed E-state index contributed by atoms with van der Waals surface area (Å²) in [6.45, 7) is 2.81. The van der Waals surface area contributed by atoms with Crippen LogP contribution in [0.3, 0.4) is 0 Å². The first-order valence-electron chi connectivity index (χ1n) is 15.1. The Morgan fingerprint density at radius 3 is 2.63 bits per heavy atom. The number of hydrogen-bond acceptors (Lipinski definition) is 3. The molecule has 0 amide bonds. The van der Waals surface area contributed by atoms with Crippen molar-refractivity contribution in [3.63, 3.8) is 0 Å². The first-order valence-corrected chi connectivity index (χ1v) is 15.1. The Kier molecular flexibility index (Phi) is 7.95. The van der Waals surface area contributed by atoms with E-state index in [4.69, 9.17) is 4.74 Å². The molecule has 1 heterocycles. The van der Waals surface area contributed by atoms with Gasteiger partial charge in [-0.25, -0.2) is 4.39 Å². The second-order valence-corrected chi connectivity index (χ2v) is 11.5. The molecule has 6 rings (SSSR count). The van der Waals surface area contributed by atoms with Crippen molar-refractivity contribution >= 4 is 33.4 Å². The van der Waals surface area contributed by atoms with Crippen molar-refractivity contribution in [1.82, 2.24) is 9.78 Å². The molecular weight excluding hydrogens is 509 g/mol. The summed E-state index contributed by atoms with van der Waals surface area (Å²) in [6.07, 6.45) is 17.8. The number of aryl methyl sites for hydroxylation is 1. The first-order chi connectivity index (χ1) is 20.1. The predicted molar refractivity (Wildman–Crippen MR) is 168 cm³/mol. The molecule has 1 aromatic heterocycles. The maximum absolute atomic E-state index is 16.2. The molecule has 0 radical (unpaired) electrons. The molecule has 0 bridgehead atoms. The highest BCUT2D eigenvalue weighted by atomic mass is 19.1. The van der Waals surface area contributed by atoms with Crippen LogP contribution in [0.2, 0.25) is 0 Å². The monoisotopic (exact) mass is 549 g/mol. The molecule has 3 aromatic carbocycles. The zero-order chi connectivity index (χ0) is 28.3. The van der Waals surface area contributed by atoms with Gasteiger partial charge in [-0.3, -0.25) is 4.68 Å². The van der Waals surface area contributed by atoms with Crippen molar-refractivity contribution in [2.75, 3.05) is 12.0 Å². The number of methoxy groups -OCH3 is 1. The van der Waals surface area contributed by atoms with Crippen LogP contribution in [0.1, 0.15) is 69.4 Å². The van der Waals surface area contributed by atoms with Crippen molar-refractivity contribution in [3.05, 3.63) is 101 Å². The van der Waals surface area contributed by atoms with E-state index >= 15 is 4.39 Å². The fourth-order valence-electron chi connectivity index (χ4n) is 6.47. The summed E-state index contributed by atoms with van der Waals surface area (Å²) >= 11 is 0. The van der Waals surface area contributed by atoms with Gasteiger partial charge in [0, 0.05) is 35.7 Å². The number of aromatic nitrogens is 2. The van der Waals surface area contributed by atoms with Crippen molar-refractivity contribution in [2.45, 2.75) is 64.8 Å². The van der Waals surface area contributed by atoms with Gasteiger partial charge in [-0.2, -0.15) is 5.10 Å². The number of hydrogen-bond donors (Lipinski definition) is 0. The van der Waals surface area contributed by atoms with Crippen molar-refractivity contribution in [1.29, 1.82) is 0 Å². The van der Waals surface area contributed by atoms with Gasteiger partial charge in [0.25, 0.3) is 0 Å². The quantitative estimate of drug-likeness (QED) is 0.195. The number of rotatable bonds is 9. The van der Waals surface area contributed by atoms with E-state index in [-0.39, 0.29) is 5.82 Å². The number of anilines is 1. The molecule has 2 saturated carbocycles. The average molecular weight is 550 g/mol. The summed E-state index contributed by atoms with van der Waals surface area (Å²) in [4.78, 5) is 2.45. The topological polar surface area (TPSA) is 30.3 Å². The van der Waals surface area contributed by atoms with E-state index < -0.39 is 0 Å². The van der Waals surface area contributed by atoms with Crippen LogP contribution in [-0.4, -0.2) is 16.9 Å². The lowest BCUT2D eigenvalue weighted by Gasteiger charge is -2.35. The third kappa shape index (κ3) is 5.68. The normalized spacial score (nSPS) is 16.2.